The number of benzene rings is 2. The molecule has 0 saturated carbocycles. The Balaban J connectivity index is 2.12. The van der Waals surface area contributed by atoms with Crippen LogP contribution in [0.15, 0.2) is 48.5 Å². The number of phenols is 1. The number of non-ortho nitro benzene ring substituents is 1. The summed E-state index contributed by atoms with van der Waals surface area (Å²) in [5.41, 5.74) is 1.26. The Hall–Kier alpha value is -3.09. The van der Waals surface area contributed by atoms with E-state index < -0.39 is 4.92 Å². The summed E-state index contributed by atoms with van der Waals surface area (Å²) in [5.74, 6) is 0.145. The predicted molar refractivity (Wildman–Crippen MR) is 91.0 cm³/mol. The highest BCUT2D eigenvalue weighted by atomic mass is 16.6. The van der Waals surface area contributed by atoms with E-state index in [0.717, 1.165) is 5.56 Å². The van der Waals surface area contributed by atoms with Crippen molar-refractivity contribution in [3.63, 3.8) is 0 Å². The maximum atomic E-state index is 12.5. The van der Waals surface area contributed by atoms with Crippen LogP contribution in [0, 0.1) is 10.1 Å². The Morgan fingerprint density at radius 3 is 2.50 bits per heavy atom. The smallest absolute Gasteiger partial charge is 0.322 e. The van der Waals surface area contributed by atoms with Gasteiger partial charge in [0.1, 0.15) is 5.75 Å². The van der Waals surface area contributed by atoms with E-state index in [1.54, 1.807) is 23.1 Å². The molecule has 1 atom stereocenters. The Labute approximate surface area is 139 Å². The number of hydrogen-bond donors (Lipinski definition) is 2. The van der Waals surface area contributed by atoms with Gasteiger partial charge in [-0.05, 0) is 43.7 Å². The Morgan fingerprint density at radius 2 is 1.96 bits per heavy atom. The molecule has 7 nitrogen and oxygen atoms in total. The first-order valence-corrected chi connectivity index (χ1v) is 7.53. The first kappa shape index (κ1) is 17.3. The molecule has 0 radical (unpaired) electrons. The van der Waals surface area contributed by atoms with Crippen molar-refractivity contribution in [3.05, 3.63) is 64.2 Å². The standard InChI is InChI=1S/C17H19N3O4/c1-3-19(12(2)13-5-4-6-16(21)11-13)17(22)18-14-7-9-15(10-8-14)20(23)24/h4-12,21H,3H2,1-2H3,(H,18,22). The predicted octanol–water partition coefficient (Wildman–Crippen LogP) is 3.92. The average Bonchev–Trinajstić information content (AvgIpc) is 2.56. The second kappa shape index (κ2) is 7.45. The number of nitro benzene ring substituents is 1. The van der Waals surface area contributed by atoms with E-state index in [2.05, 4.69) is 5.32 Å². The molecule has 1 unspecified atom stereocenters. The molecule has 0 bridgehead atoms. The number of urea groups is 1. The van der Waals surface area contributed by atoms with Crippen LogP contribution >= 0.6 is 0 Å². The summed E-state index contributed by atoms with van der Waals surface area (Å²) in [7, 11) is 0. The van der Waals surface area contributed by atoms with E-state index in [9.17, 15) is 20.0 Å². The van der Waals surface area contributed by atoms with E-state index in [0.29, 0.717) is 12.2 Å². The average molecular weight is 329 g/mol. The molecule has 24 heavy (non-hydrogen) atoms. The Bertz CT molecular complexity index is 731. The van der Waals surface area contributed by atoms with Crippen molar-refractivity contribution >= 4 is 17.4 Å². The van der Waals surface area contributed by atoms with Gasteiger partial charge in [-0.25, -0.2) is 4.79 Å². The van der Waals surface area contributed by atoms with Gasteiger partial charge in [0.2, 0.25) is 0 Å². The number of anilines is 1. The summed E-state index contributed by atoms with van der Waals surface area (Å²) in [4.78, 5) is 24.2. The fourth-order valence-electron chi connectivity index (χ4n) is 2.42. The Kier molecular flexibility index (Phi) is 5.36. The van der Waals surface area contributed by atoms with Crippen molar-refractivity contribution < 1.29 is 14.8 Å². The number of hydrogen-bond acceptors (Lipinski definition) is 4. The summed E-state index contributed by atoms with van der Waals surface area (Å²) in [6, 6.07) is 11.9. The van der Waals surface area contributed by atoms with E-state index in [-0.39, 0.29) is 23.5 Å². The van der Waals surface area contributed by atoms with Crippen molar-refractivity contribution in [3.8, 4) is 5.75 Å². The maximum Gasteiger partial charge on any atom is 0.322 e. The molecule has 0 aromatic heterocycles. The zero-order chi connectivity index (χ0) is 17.7. The van der Waals surface area contributed by atoms with Crippen LogP contribution in [0.5, 0.6) is 5.75 Å². The number of aromatic hydroxyl groups is 1. The maximum absolute atomic E-state index is 12.5. The van der Waals surface area contributed by atoms with E-state index in [1.807, 2.05) is 19.9 Å². The summed E-state index contributed by atoms with van der Waals surface area (Å²) >= 11 is 0. The molecular weight excluding hydrogens is 310 g/mol. The van der Waals surface area contributed by atoms with Gasteiger partial charge in [-0.2, -0.15) is 0 Å². The van der Waals surface area contributed by atoms with Gasteiger partial charge in [0.05, 0.1) is 11.0 Å². The molecule has 0 aliphatic rings. The number of nitrogens with zero attached hydrogens (tertiary/aromatic N) is 2. The lowest BCUT2D eigenvalue weighted by molar-refractivity contribution is -0.384. The Morgan fingerprint density at radius 1 is 1.29 bits per heavy atom. The molecule has 7 heteroatoms. The third kappa shape index (κ3) is 4.01. The van der Waals surface area contributed by atoms with Crippen LogP contribution in [-0.4, -0.2) is 27.5 Å². The fourth-order valence-corrected chi connectivity index (χ4v) is 2.42. The topological polar surface area (TPSA) is 95.7 Å². The summed E-state index contributed by atoms with van der Waals surface area (Å²) in [6.07, 6.45) is 0. The van der Waals surface area contributed by atoms with Gasteiger partial charge in [-0.1, -0.05) is 12.1 Å². The van der Waals surface area contributed by atoms with E-state index >= 15 is 0 Å². The monoisotopic (exact) mass is 329 g/mol. The van der Waals surface area contributed by atoms with Crippen molar-refractivity contribution in [2.75, 3.05) is 11.9 Å². The third-order valence-corrected chi connectivity index (χ3v) is 3.75. The van der Waals surface area contributed by atoms with Crippen LogP contribution in [0.2, 0.25) is 0 Å². The summed E-state index contributed by atoms with van der Waals surface area (Å²) < 4.78 is 0. The quantitative estimate of drug-likeness (QED) is 0.642. The molecular formula is C17H19N3O4. The molecule has 0 aliphatic heterocycles. The van der Waals surface area contributed by atoms with Gasteiger partial charge in [-0.3, -0.25) is 10.1 Å². The van der Waals surface area contributed by atoms with Crippen molar-refractivity contribution in [1.29, 1.82) is 0 Å². The summed E-state index contributed by atoms with van der Waals surface area (Å²) in [6.45, 7) is 4.19. The normalized spacial score (nSPS) is 11.6. The lowest BCUT2D eigenvalue weighted by Gasteiger charge is -2.28. The summed E-state index contributed by atoms with van der Waals surface area (Å²) in [5, 5.41) is 23.0. The van der Waals surface area contributed by atoms with E-state index in [1.165, 1.54) is 24.3 Å². The zero-order valence-corrected chi connectivity index (χ0v) is 13.5. The molecule has 2 N–H and O–H groups in total. The van der Waals surface area contributed by atoms with Crippen LogP contribution in [0.4, 0.5) is 16.2 Å². The molecule has 0 aliphatic carbocycles. The van der Waals surface area contributed by atoms with Gasteiger partial charge in [-0.15, -0.1) is 0 Å². The van der Waals surface area contributed by atoms with Crippen molar-refractivity contribution in [1.82, 2.24) is 4.90 Å². The van der Waals surface area contributed by atoms with Crippen LogP contribution < -0.4 is 5.32 Å². The van der Waals surface area contributed by atoms with E-state index in [4.69, 9.17) is 0 Å². The van der Waals surface area contributed by atoms with Gasteiger partial charge in [0.15, 0.2) is 0 Å². The number of phenolic OH excluding ortho intramolecular Hbond substituents is 1. The molecule has 2 aromatic carbocycles. The van der Waals surface area contributed by atoms with Gasteiger partial charge >= 0.3 is 6.03 Å². The highest BCUT2D eigenvalue weighted by Gasteiger charge is 2.20. The first-order chi connectivity index (χ1) is 11.4. The molecule has 2 amide bonds. The number of carbonyl (C=O) groups excluding carboxylic acids is 1. The second-order valence-electron chi connectivity index (χ2n) is 5.29. The van der Waals surface area contributed by atoms with Gasteiger partial charge in [0, 0.05) is 24.4 Å². The van der Waals surface area contributed by atoms with Crippen LogP contribution in [0.25, 0.3) is 0 Å². The minimum absolute atomic E-state index is 0.0338. The molecule has 2 rings (SSSR count). The second-order valence-corrected chi connectivity index (χ2v) is 5.29. The lowest BCUT2D eigenvalue weighted by atomic mass is 10.1. The van der Waals surface area contributed by atoms with Crippen LogP contribution in [0.1, 0.15) is 25.5 Å². The molecule has 0 saturated heterocycles. The third-order valence-electron chi connectivity index (χ3n) is 3.75. The molecule has 126 valence electrons. The molecule has 0 spiro atoms. The fraction of sp³-hybridized carbons (Fsp3) is 0.235. The van der Waals surface area contributed by atoms with Gasteiger partial charge < -0.3 is 15.3 Å². The molecule has 2 aromatic rings. The largest absolute Gasteiger partial charge is 0.508 e. The number of nitrogens with one attached hydrogen (secondary N) is 1. The highest BCUT2D eigenvalue weighted by molar-refractivity contribution is 5.89. The highest BCUT2D eigenvalue weighted by Crippen LogP contribution is 2.24. The van der Waals surface area contributed by atoms with Crippen molar-refractivity contribution in [2.24, 2.45) is 0 Å². The van der Waals surface area contributed by atoms with Crippen molar-refractivity contribution in [2.45, 2.75) is 19.9 Å². The lowest BCUT2D eigenvalue weighted by Crippen LogP contribution is -2.36. The van der Waals surface area contributed by atoms with Crippen LogP contribution in [0.3, 0.4) is 0 Å². The zero-order valence-electron chi connectivity index (χ0n) is 13.5. The number of rotatable bonds is 5. The first-order valence-electron chi connectivity index (χ1n) is 7.53. The number of carbonyl (C=O) groups is 1. The minimum Gasteiger partial charge on any atom is -0.508 e. The SMILES string of the molecule is CCN(C(=O)Nc1ccc([N+](=O)[O-])cc1)C(C)c1cccc(O)c1. The van der Waals surface area contributed by atoms with Crippen LogP contribution in [-0.2, 0) is 0 Å². The minimum atomic E-state index is -0.492. The molecule has 0 heterocycles. The number of amides is 2. The van der Waals surface area contributed by atoms with Gasteiger partial charge in [0.25, 0.3) is 5.69 Å². The number of nitro groups is 1. The molecule has 0 fully saturated rings.